The van der Waals surface area contributed by atoms with Crippen LogP contribution < -0.4 is 5.73 Å². The molecule has 0 radical (unpaired) electrons. The summed E-state index contributed by atoms with van der Waals surface area (Å²) >= 11 is 0. The van der Waals surface area contributed by atoms with Crippen LogP contribution in [0.1, 0.15) is 22.0 Å². The van der Waals surface area contributed by atoms with E-state index in [4.69, 9.17) is 15.9 Å². The second-order valence-corrected chi connectivity index (χ2v) is 2.95. The highest BCUT2D eigenvalue weighted by molar-refractivity contribution is 5.88. The standard InChI is InChI=1S/C9H9F2NO3/c10-6-2-5(9(14)15)7(11)1-4(6)8(12)3-13/h1-2,8,13H,3,12H2,(H,14,15). The zero-order chi connectivity index (χ0) is 11.6. The van der Waals surface area contributed by atoms with Crippen molar-refractivity contribution in [1.29, 1.82) is 0 Å². The molecule has 1 rings (SSSR count). The molecule has 15 heavy (non-hydrogen) atoms. The Morgan fingerprint density at radius 3 is 2.47 bits per heavy atom. The molecule has 4 nitrogen and oxygen atoms in total. The van der Waals surface area contributed by atoms with E-state index in [1.165, 1.54) is 0 Å². The van der Waals surface area contributed by atoms with Gasteiger partial charge in [-0.2, -0.15) is 0 Å². The molecule has 0 aromatic heterocycles. The van der Waals surface area contributed by atoms with Crippen molar-refractivity contribution in [3.05, 3.63) is 34.9 Å². The third-order valence-electron chi connectivity index (χ3n) is 1.91. The minimum atomic E-state index is -1.56. The highest BCUT2D eigenvalue weighted by atomic mass is 19.1. The molecule has 1 aromatic carbocycles. The van der Waals surface area contributed by atoms with Gasteiger partial charge in [0.1, 0.15) is 11.6 Å². The van der Waals surface area contributed by atoms with E-state index < -0.39 is 35.8 Å². The van der Waals surface area contributed by atoms with E-state index in [2.05, 4.69) is 0 Å². The van der Waals surface area contributed by atoms with Gasteiger partial charge in [0.05, 0.1) is 18.2 Å². The van der Waals surface area contributed by atoms with Crippen LogP contribution in [0.4, 0.5) is 8.78 Å². The van der Waals surface area contributed by atoms with Crippen molar-refractivity contribution in [3.63, 3.8) is 0 Å². The predicted molar refractivity (Wildman–Crippen MR) is 47.3 cm³/mol. The Balaban J connectivity index is 3.25. The van der Waals surface area contributed by atoms with Gasteiger partial charge in [-0.3, -0.25) is 0 Å². The van der Waals surface area contributed by atoms with Gasteiger partial charge in [0, 0.05) is 5.56 Å². The zero-order valence-electron chi connectivity index (χ0n) is 7.58. The largest absolute Gasteiger partial charge is 0.478 e. The lowest BCUT2D eigenvalue weighted by Gasteiger charge is -2.10. The van der Waals surface area contributed by atoms with Gasteiger partial charge < -0.3 is 15.9 Å². The van der Waals surface area contributed by atoms with Crippen LogP contribution in [0.3, 0.4) is 0 Å². The van der Waals surface area contributed by atoms with Gasteiger partial charge in [-0.25, -0.2) is 13.6 Å². The summed E-state index contributed by atoms with van der Waals surface area (Å²) in [4.78, 5) is 10.4. The number of carboxylic acid groups (broad SMARTS) is 1. The van der Waals surface area contributed by atoms with Crippen LogP contribution >= 0.6 is 0 Å². The summed E-state index contributed by atoms with van der Waals surface area (Å²) in [6.45, 7) is -0.553. The van der Waals surface area contributed by atoms with Gasteiger partial charge in [0.15, 0.2) is 0 Å². The normalized spacial score (nSPS) is 12.5. The fourth-order valence-electron chi connectivity index (χ4n) is 1.11. The molecule has 1 unspecified atom stereocenters. The average molecular weight is 217 g/mol. The summed E-state index contributed by atoms with van der Waals surface area (Å²) in [5, 5.41) is 17.1. The van der Waals surface area contributed by atoms with Gasteiger partial charge in [-0.1, -0.05) is 0 Å². The molecule has 0 aliphatic rings. The molecule has 0 bridgehead atoms. The maximum atomic E-state index is 13.2. The maximum absolute atomic E-state index is 13.2. The van der Waals surface area contributed by atoms with E-state index in [1.807, 2.05) is 0 Å². The van der Waals surface area contributed by atoms with E-state index in [0.29, 0.717) is 12.1 Å². The van der Waals surface area contributed by atoms with E-state index in [-0.39, 0.29) is 5.56 Å². The molecule has 0 heterocycles. The van der Waals surface area contributed by atoms with Crippen LogP contribution in [0, 0.1) is 11.6 Å². The van der Waals surface area contributed by atoms with Gasteiger partial charge in [-0.15, -0.1) is 0 Å². The van der Waals surface area contributed by atoms with Gasteiger partial charge in [0.2, 0.25) is 0 Å². The minimum Gasteiger partial charge on any atom is -0.478 e. The molecule has 0 fully saturated rings. The molecule has 0 aliphatic heterocycles. The Kier molecular flexibility index (Phi) is 3.33. The SMILES string of the molecule is NC(CO)c1cc(F)c(C(=O)O)cc1F. The molecular weight excluding hydrogens is 208 g/mol. The fraction of sp³-hybridized carbons (Fsp3) is 0.222. The fourth-order valence-corrected chi connectivity index (χ4v) is 1.11. The summed E-state index contributed by atoms with van der Waals surface area (Å²) in [7, 11) is 0. The third kappa shape index (κ3) is 2.28. The number of aromatic carboxylic acids is 1. The molecule has 0 amide bonds. The quantitative estimate of drug-likeness (QED) is 0.694. The molecule has 0 saturated heterocycles. The van der Waals surface area contributed by atoms with Gasteiger partial charge in [0.25, 0.3) is 0 Å². The topological polar surface area (TPSA) is 83.5 Å². The van der Waals surface area contributed by atoms with Crippen molar-refractivity contribution < 1.29 is 23.8 Å². The van der Waals surface area contributed by atoms with Crippen molar-refractivity contribution >= 4 is 5.97 Å². The predicted octanol–water partition coefficient (Wildman–Crippen LogP) is 0.655. The Morgan fingerprint density at radius 1 is 1.40 bits per heavy atom. The van der Waals surface area contributed by atoms with Crippen molar-refractivity contribution in [3.8, 4) is 0 Å². The van der Waals surface area contributed by atoms with Crippen LogP contribution in [0.15, 0.2) is 12.1 Å². The van der Waals surface area contributed by atoms with Gasteiger partial charge >= 0.3 is 5.97 Å². The number of halogens is 2. The summed E-state index contributed by atoms with van der Waals surface area (Å²) in [6.07, 6.45) is 0. The number of hydrogen-bond donors (Lipinski definition) is 3. The number of aliphatic hydroxyl groups is 1. The lowest BCUT2D eigenvalue weighted by Crippen LogP contribution is -2.17. The summed E-state index contributed by atoms with van der Waals surface area (Å²) < 4.78 is 26.3. The first-order valence-electron chi connectivity index (χ1n) is 4.06. The first-order valence-corrected chi connectivity index (χ1v) is 4.06. The number of benzene rings is 1. The molecule has 0 saturated carbocycles. The minimum absolute atomic E-state index is 0.250. The first-order chi connectivity index (χ1) is 6.97. The average Bonchev–Trinajstić information content (AvgIpc) is 2.19. The molecular formula is C9H9F2NO3. The smallest absolute Gasteiger partial charge is 0.338 e. The molecule has 0 spiro atoms. The zero-order valence-corrected chi connectivity index (χ0v) is 7.58. The summed E-state index contributed by atoms with van der Waals surface area (Å²) in [5.74, 6) is -3.59. The van der Waals surface area contributed by atoms with E-state index in [1.54, 1.807) is 0 Å². The van der Waals surface area contributed by atoms with Crippen LogP contribution in [-0.4, -0.2) is 22.8 Å². The molecule has 1 aromatic rings. The van der Waals surface area contributed by atoms with E-state index in [0.717, 1.165) is 0 Å². The number of hydrogen-bond acceptors (Lipinski definition) is 3. The number of carbonyl (C=O) groups is 1. The second kappa shape index (κ2) is 4.33. The van der Waals surface area contributed by atoms with Crippen molar-refractivity contribution in [2.75, 3.05) is 6.61 Å². The van der Waals surface area contributed by atoms with Crippen LogP contribution in [0.25, 0.3) is 0 Å². The maximum Gasteiger partial charge on any atom is 0.338 e. The lowest BCUT2D eigenvalue weighted by atomic mass is 10.0. The Morgan fingerprint density at radius 2 is 2.00 bits per heavy atom. The Labute approximate surface area is 83.9 Å². The van der Waals surface area contributed by atoms with Crippen LogP contribution in [0.5, 0.6) is 0 Å². The number of carboxylic acids is 1. The second-order valence-electron chi connectivity index (χ2n) is 2.95. The number of nitrogens with two attached hydrogens (primary N) is 1. The first kappa shape index (κ1) is 11.5. The van der Waals surface area contributed by atoms with E-state index >= 15 is 0 Å². The van der Waals surface area contributed by atoms with E-state index in [9.17, 15) is 13.6 Å². The highest BCUT2D eigenvalue weighted by Gasteiger charge is 2.18. The van der Waals surface area contributed by atoms with Gasteiger partial charge in [-0.05, 0) is 12.1 Å². The number of rotatable bonds is 3. The molecule has 4 N–H and O–H groups in total. The molecule has 82 valence electrons. The Bertz CT molecular complexity index is 395. The molecule has 0 aliphatic carbocycles. The van der Waals surface area contributed by atoms with Crippen molar-refractivity contribution in [1.82, 2.24) is 0 Å². The highest BCUT2D eigenvalue weighted by Crippen LogP contribution is 2.19. The Hall–Kier alpha value is -1.53. The third-order valence-corrected chi connectivity index (χ3v) is 1.91. The summed E-state index contributed by atoms with van der Waals surface area (Å²) in [5.41, 5.74) is 4.27. The van der Waals surface area contributed by atoms with Crippen LogP contribution in [-0.2, 0) is 0 Å². The molecule has 6 heteroatoms. The summed E-state index contributed by atoms with van der Waals surface area (Å²) in [6, 6.07) is 0.157. The molecule has 1 atom stereocenters. The lowest BCUT2D eigenvalue weighted by molar-refractivity contribution is 0.0691. The van der Waals surface area contributed by atoms with Crippen molar-refractivity contribution in [2.45, 2.75) is 6.04 Å². The monoisotopic (exact) mass is 217 g/mol. The van der Waals surface area contributed by atoms with Crippen molar-refractivity contribution in [2.24, 2.45) is 5.73 Å². The number of aliphatic hydroxyl groups excluding tert-OH is 1. The van der Waals surface area contributed by atoms with Crippen LogP contribution in [0.2, 0.25) is 0 Å².